The molecule has 118 valence electrons. The highest BCUT2D eigenvalue weighted by atomic mass is 15.2. The summed E-state index contributed by atoms with van der Waals surface area (Å²) in [6.07, 6.45) is 3.60. The molecule has 2 unspecified atom stereocenters. The van der Waals surface area contributed by atoms with E-state index in [1.54, 1.807) is 0 Å². The number of hydrogen-bond acceptors (Lipinski definition) is 3. The van der Waals surface area contributed by atoms with Gasteiger partial charge in [-0.05, 0) is 51.0 Å². The molecule has 1 aromatic carbocycles. The Bertz CT molecular complexity index is 415. The summed E-state index contributed by atoms with van der Waals surface area (Å²) >= 11 is 0. The molecule has 0 aromatic heterocycles. The summed E-state index contributed by atoms with van der Waals surface area (Å²) in [5.74, 6) is 0. The lowest BCUT2D eigenvalue weighted by atomic mass is 10.0. The van der Waals surface area contributed by atoms with Crippen LogP contribution in [0, 0.1) is 0 Å². The van der Waals surface area contributed by atoms with Crippen molar-refractivity contribution in [2.24, 2.45) is 5.73 Å². The molecular formula is C18H31N3. The van der Waals surface area contributed by atoms with Crippen molar-refractivity contribution in [1.82, 2.24) is 9.80 Å². The Balaban J connectivity index is 1.94. The van der Waals surface area contributed by atoms with Gasteiger partial charge in [-0.15, -0.1) is 0 Å². The second kappa shape index (κ2) is 7.92. The molecule has 0 amide bonds. The molecule has 2 atom stereocenters. The average molecular weight is 289 g/mol. The largest absolute Gasteiger partial charge is 0.323 e. The fourth-order valence-electron chi connectivity index (χ4n) is 3.27. The summed E-state index contributed by atoms with van der Waals surface area (Å²) in [6, 6.07) is 9.60. The maximum absolute atomic E-state index is 6.44. The van der Waals surface area contributed by atoms with E-state index in [1.807, 2.05) is 0 Å². The van der Waals surface area contributed by atoms with Crippen molar-refractivity contribution in [3.05, 3.63) is 35.4 Å². The third kappa shape index (κ3) is 4.80. The Labute approximate surface area is 130 Å². The number of nitrogens with zero attached hydrogens (tertiary/aromatic N) is 2. The van der Waals surface area contributed by atoms with Gasteiger partial charge in [-0.2, -0.15) is 0 Å². The van der Waals surface area contributed by atoms with Gasteiger partial charge in [-0.25, -0.2) is 0 Å². The molecule has 3 heteroatoms. The lowest BCUT2D eigenvalue weighted by Crippen LogP contribution is -2.41. The van der Waals surface area contributed by atoms with E-state index < -0.39 is 0 Å². The van der Waals surface area contributed by atoms with E-state index in [0.29, 0.717) is 6.04 Å². The van der Waals surface area contributed by atoms with Crippen molar-refractivity contribution in [3.8, 4) is 0 Å². The van der Waals surface area contributed by atoms with Crippen molar-refractivity contribution < 1.29 is 0 Å². The predicted octanol–water partition coefficient (Wildman–Crippen LogP) is 2.66. The summed E-state index contributed by atoms with van der Waals surface area (Å²) in [5.41, 5.74) is 9.12. The Morgan fingerprint density at radius 3 is 2.62 bits per heavy atom. The van der Waals surface area contributed by atoms with Gasteiger partial charge in [0.1, 0.15) is 0 Å². The third-order valence-electron chi connectivity index (χ3n) is 4.56. The molecule has 1 heterocycles. The van der Waals surface area contributed by atoms with Crippen LogP contribution in [0.3, 0.4) is 0 Å². The zero-order valence-electron chi connectivity index (χ0n) is 13.9. The quantitative estimate of drug-likeness (QED) is 0.904. The highest BCUT2D eigenvalue weighted by molar-refractivity contribution is 5.25. The molecule has 2 rings (SSSR count). The van der Waals surface area contributed by atoms with Gasteiger partial charge in [0.25, 0.3) is 0 Å². The van der Waals surface area contributed by atoms with Gasteiger partial charge >= 0.3 is 0 Å². The molecule has 0 radical (unpaired) electrons. The van der Waals surface area contributed by atoms with E-state index in [0.717, 1.165) is 26.1 Å². The fraction of sp³-hybridized carbons (Fsp3) is 0.667. The van der Waals surface area contributed by atoms with Gasteiger partial charge < -0.3 is 10.6 Å². The highest BCUT2D eigenvalue weighted by Crippen LogP contribution is 2.17. The normalized spacial score (nSPS) is 23.0. The van der Waals surface area contributed by atoms with Crippen LogP contribution in [0.15, 0.2) is 24.3 Å². The maximum Gasteiger partial charge on any atom is 0.0424 e. The summed E-state index contributed by atoms with van der Waals surface area (Å²) in [7, 11) is 2.21. The van der Waals surface area contributed by atoms with Gasteiger partial charge in [-0.1, -0.05) is 37.6 Å². The van der Waals surface area contributed by atoms with E-state index in [2.05, 4.69) is 55.0 Å². The van der Waals surface area contributed by atoms with Crippen molar-refractivity contribution >= 4 is 0 Å². The topological polar surface area (TPSA) is 32.5 Å². The van der Waals surface area contributed by atoms with Gasteiger partial charge in [0, 0.05) is 25.2 Å². The third-order valence-corrected chi connectivity index (χ3v) is 4.56. The minimum atomic E-state index is 0.117. The average Bonchev–Trinajstić information content (AvgIpc) is 2.61. The molecule has 0 spiro atoms. The van der Waals surface area contributed by atoms with E-state index in [1.165, 1.54) is 30.5 Å². The zero-order valence-corrected chi connectivity index (χ0v) is 13.9. The minimum absolute atomic E-state index is 0.117. The highest BCUT2D eigenvalue weighted by Gasteiger charge is 2.21. The molecule has 0 aliphatic carbocycles. The van der Waals surface area contributed by atoms with Crippen molar-refractivity contribution in [2.45, 2.75) is 45.2 Å². The van der Waals surface area contributed by atoms with Crippen LogP contribution in [0.5, 0.6) is 0 Å². The van der Waals surface area contributed by atoms with Crippen LogP contribution in [0.1, 0.15) is 43.9 Å². The van der Waals surface area contributed by atoms with Gasteiger partial charge in [0.05, 0.1) is 0 Å². The zero-order chi connectivity index (χ0) is 15.2. The van der Waals surface area contributed by atoms with E-state index in [-0.39, 0.29) is 6.04 Å². The monoisotopic (exact) mass is 289 g/mol. The molecule has 1 aromatic rings. The molecule has 1 saturated heterocycles. The Morgan fingerprint density at radius 1 is 1.24 bits per heavy atom. The summed E-state index contributed by atoms with van der Waals surface area (Å²) in [6.45, 7) is 9.00. The maximum atomic E-state index is 6.44. The van der Waals surface area contributed by atoms with Crippen LogP contribution in [-0.4, -0.2) is 49.1 Å². The Morgan fingerprint density at radius 2 is 1.95 bits per heavy atom. The van der Waals surface area contributed by atoms with E-state index in [9.17, 15) is 0 Å². The van der Waals surface area contributed by atoms with Crippen LogP contribution in [0.2, 0.25) is 0 Å². The first-order valence-electron chi connectivity index (χ1n) is 8.37. The lowest BCUT2D eigenvalue weighted by molar-refractivity contribution is 0.192. The molecule has 2 N–H and O–H groups in total. The molecular weight excluding hydrogens is 258 g/mol. The second-order valence-corrected chi connectivity index (χ2v) is 6.56. The number of rotatable bonds is 5. The van der Waals surface area contributed by atoms with Crippen LogP contribution in [0.25, 0.3) is 0 Å². The van der Waals surface area contributed by atoms with Gasteiger partial charge in [0.15, 0.2) is 0 Å². The Kier molecular flexibility index (Phi) is 6.22. The van der Waals surface area contributed by atoms with Gasteiger partial charge in [0.2, 0.25) is 0 Å². The summed E-state index contributed by atoms with van der Waals surface area (Å²) in [5, 5.41) is 0. The molecule has 1 aliphatic heterocycles. The lowest BCUT2D eigenvalue weighted by Gasteiger charge is -2.30. The van der Waals surface area contributed by atoms with Crippen LogP contribution in [-0.2, 0) is 6.42 Å². The number of benzene rings is 1. The van der Waals surface area contributed by atoms with Crippen molar-refractivity contribution in [3.63, 3.8) is 0 Å². The summed E-state index contributed by atoms with van der Waals surface area (Å²) < 4.78 is 0. The smallest absolute Gasteiger partial charge is 0.0424 e. The van der Waals surface area contributed by atoms with E-state index >= 15 is 0 Å². The number of nitrogens with two attached hydrogens (primary N) is 1. The minimum Gasteiger partial charge on any atom is -0.323 e. The standard InChI is InChI=1S/C18H31N3/c1-4-6-16-7-9-17(10-8-16)18(19)14-21-12-5-11-20(3)13-15(21)2/h7-10,15,18H,4-6,11-14,19H2,1-3H3. The van der Waals surface area contributed by atoms with Crippen LogP contribution < -0.4 is 5.73 Å². The molecule has 0 bridgehead atoms. The van der Waals surface area contributed by atoms with Crippen LogP contribution >= 0.6 is 0 Å². The first-order chi connectivity index (χ1) is 10.1. The predicted molar refractivity (Wildman–Crippen MR) is 90.5 cm³/mol. The van der Waals surface area contributed by atoms with Crippen molar-refractivity contribution in [1.29, 1.82) is 0 Å². The fourth-order valence-corrected chi connectivity index (χ4v) is 3.27. The van der Waals surface area contributed by atoms with Gasteiger partial charge in [-0.3, -0.25) is 4.90 Å². The molecule has 3 nitrogen and oxygen atoms in total. The molecule has 0 saturated carbocycles. The number of hydrogen-bond donors (Lipinski definition) is 1. The number of aryl methyl sites for hydroxylation is 1. The van der Waals surface area contributed by atoms with Crippen LogP contribution in [0.4, 0.5) is 0 Å². The first kappa shape index (κ1) is 16.5. The molecule has 1 fully saturated rings. The molecule has 21 heavy (non-hydrogen) atoms. The Hall–Kier alpha value is -0.900. The first-order valence-corrected chi connectivity index (χ1v) is 8.37. The second-order valence-electron chi connectivity index (χ2n) is 6.56. The summed E-state index contributed by atoms with van der Waals surface area (Å²) in [4.78, 5) is 4.98. The van der Waals surface area contributed by atoms with Crippen molar-refractivity contribution in [2.75, 3.05) is 33.2 Å². The SMILES string of the molecule is CCCc1ccc(C(N)CN2CCCN(C)CC2C)cc1. The van der Waals surface area contributed by atoms with E-state index in [4.69, 9.17) is 5.73 Å². The number of likely N-dealkylation sites (N-methyl/N-ethyl adjacent to an activating group) is 1. The molecule has 1 aliphatic rings.